The van der Waals surface area contributed by atoms with Gasteiger partial charge in [-0.3, -0.25) is 4.79 Å². The van der Waals surface area contributed by atoms with E-state index >= 15 is 0 Å². The van der Waals surface area contributed by atoms with Crippen molar-refractivity contribution in [2.24, 2.45) is 5.92 Å². The number of hydrogen-bond donors (Lipinski definition) is 2. The monoisotopic (exact) mass is 411 g/mol. The van der Waals surface area contributed by atoms with Crippen LogP contribution in [0.25, 0.3) is 11.3 Å². The number of nitrogens with zero attached hydrogens (tertiary/aromatic N) is 1. The molecule has 1 fully saturated rings. The maximum absolute atomic E-state index is 12.4. The van der Waals surface area contributed by atoms with Gasteiger partial charge >= 0.3 is 0 Å². The quantitative estimate of drug-likeness (QED) is 0.624. The van der Waals surface area contributed by atoms with Crippen LogP contribution in [0.15, 0.2) is 59.1 Å². The number of carbonyl (C=O) groups excluding carboxylic acids is 1. The molecule has 6 nitrogen and oxygen atoms in total. The van der Waals surface area contributed by atoms with Crippen molar-refractivity contribution in [3.8, 4) is 17.1 Å². The molecule has 2 heterocycles. The van der Waals surface area contributed by atoms with Crippen molar-refractivity contribution >= 4 is 23.2 Å². The summed E-state index contributed by atoms with van der Waals surface area (Å²) >= 11 is 5.91. The Bertz CT molecular complexity index is 965. The summed E-state index contributed by atoms with van der Waals surface area (Å²) in [4.78, 5) is 12.4. The lowest BCUT2D eigenvalue weighted by molar-refractivity contribution is -0.120. The van der Waals surface area contributed by atoms with E-state index in [1.165, 1.54) is 0 Å². The van der Waals surface area contributed by atoms with Gasteiger partial charge in [0.1, 0.15) is 18.1 Å². The average Bonchev–Trinajstić information content (AvgIpc) is 3.23. The van der Waals surface area contributed by atoms with E-state index < -0.39 is 0 Å². The van der Waals surface area contributed by atoms with Gasteiger partial charge in [0.05, 0.1) is 0 Å². The van der Waals surface area contributed by atoms with Gasteiger partial charge in [-0.1, -0.05) is 22.8 Å². The number of amides is 1. The van der Waals surface area contributed by atoms with Crippen LogP contribution in [0.2, 0.25) is 5.02 Å². The first-order chi connectivity index (χ1) is 14.2. The standard InChI is InChI=1S/C22H22ClN3O3/c23-17-6-4-15(5-7-17)21-13-19(26-29-21)14-28-20-3-1-2-18(12-20)25-22(27)16-8-10-24-11-9-16/h1-7,12-13,16,24H,8-11,14H2,(H,25,27). The van der Waals surface area contributed by atoms with Gasteiger partial charge < -0.3 is 19.9 Å². The first kappa shape index (κ1) is 19.5. The van der Waals surface area contributed by atoms with Crippen LogP contribution in [-0.2, 0) is 11.4 Å². The molecule has 0 unspecified atom stereocenters. The maximum Gasteiger partial charge on any atom is 0.227 e. The van der Waals surface area contributed by atoms with Gasteiger partial charge in [-0.25, -0.2) is 0 Å². The molecule has 1 aliphatic heterocycles. The van der Waals surface area contributed by atoms with Crippen LogP contribution >= 0.6 is 11.6 Å². The minimum absolute atomic E-state index is 0.0576. The third kappa shape index (κ3) is 5.16. The molecule has 1 aliphatic rings. The van der Waals surface area contributed by atoms with E-state index in [1.54, 1.807) is 12.1 Å². The molecule has 150 valence electrons. The lowest BCUT2D eigenvalue weighted by atomic mass is 9.97. The molecule has 0 bridgehead atoms. The highest BCUT2D eigenvalue weighted by Crippen LogP contribution is 2.24. The second-order valence-electron chi connectivity index (χ2n) is 7.02. The molecule has 2 aromatic carbocycles. The van der Waals surface area contributed by atoms with E-state index in [4.69, 9.17) is 20.9 Å². The molecule has 1 saturated heterocycles. The van der Waals surface area contributed by atoms with E-state index in [-0.39, 0.29) is 18.4 Å². The molecular formula is C22H22ClN3O3. The zero-order valence-corrected chi connectivity index (χ0v) is 16.6. The van der Waals surface area contributed by atoms with Gasteiger partial charge in [0.15, 0.2) is 5.76 Å². The number of hydrogen-bond acceptors (Lipinski definition) is 5. The van der Waals surface area contributed by atoms with E-state index in [1.807, 2.05) is 42.5 Å². The van der Waals surface area contributed by atoms with Crippen molar-refractivity contribution in [1.29, 1.82) is 0 Å². The third-order valence-electron chi connectivity index (χ3n) is 4.89. The summed E-state index contributed by atoms with van der Waals surface area (Å²) < 4.78 is 11.2. The van der Waals surface area contributed by atoms with Crippen molar-refractivity contribution in [2.45, 2.75) is 19.4 Å². The molecule has 29 heavy (non-hydrogen) atoms. The van der Waals surface area contributed by atoms with Gasteiger partial charge in [-0.05, 0) is 62.3 Å². The Morgan fingerprint density at radius 2 is 1.97 bits per heavy atom. The first-order valence-corrected chi connectivity index (χ1v) is 10.0. The molecule has 0 radical (unpaired) electrons. The fourth-order valence-electron chi connectivity index (χ4n) is 3.28. The number of carbonyl (C=O) groups is 1. The van der Waals surface area contributed by atoms with E-state index in [2.05, 4.69) is 15.8 Å². The predicted octanol–water partition coefficient (Wildman–Crippen LogP) is 4.51. The Kier molecular flexibility index (Phi) is 6.12. The number of anilines is 1. The Labute approximate surface area is 174 Å². The van der Waals surface area contributed by atoms with E-state index in [9.17, 15) is 4.79 Å². The van der Waals surface area contributed by atoms with Crippen molar-refractivity contribution in [1.82, 2.24) is 10.5 Å². The molecule has 0 saturated carbocycles. The molecule has 1 amide bonds. The Hall–Kier alpha value is -2.83. The van der Waals surface area contributed by atoms with Crippen LogP contribution in [0.4, 0.5) is 5.69 Å². The fourth-order valence-corrected chi connectivity index (χ4v) is 3.41. The number of rotatable bonds is 6. The average molecular weight is 412 g/mol. The summed E-state index contributed by atoms with van der Waals surface area (Å²) in [6.45, 7) is 2.04. The molecule has 2 N–H and O–H groups in total. The number of aromatic nitrogens is 1. The topological polar surface area (TPSA) is 76.4 Å². The molecule has 7 heteroatoms. The predicted molar refractivity (Wildman–Crippen MR) is 112 cm³/mol. The van der Waals surface area contributed by atoms with Gasteiger partial charge in [-0.2, -0.15) is 0 Å². The zero-order chi connectivity index (χ0) is 20.1. The SMILES string of the molecule is O=C(Nc1cccc(OCc2cc(-c3ccc(Cl)cc3)on2)c1)C1CCNCC1. The van der Waals surface area contributed by atoms with Gasteiger partial charge in [0, 0.05) is 34.3 Å². The number of benzene rings is 2. The summed E-state index contributed by atoms with van der Waals surface area (Å²) in [5.41, 5.74) is 2.31. The lowest BCUT2D eigenvalue weighted by Gasteiger charge is -2.21. The molecule has 3 aromatic rings. The number of piperidine rings is 1. The van der Waals surface area contributed by atoms with Gasteiger partial charge in [0.25, 0.3) is 0 Å². The second-order valence-corrected chi connectivity index (χ2v) is 7.46. The van der Waals surface area contributed by atoms with Crippen LogP contribution in [0, 0.1) is 5.92 Å². The van der Waals surface area contributed by atoms with Gasteiger partial charge in [-0.15, -0.1) is 0 Å². The zero-order valence-electron chi connectivity index (χ0n) is 15.9. The third-order valence-corrected chi connectivity index (χ3v) is 5.14. The summed E-state index contributed by atoms with van der Waals surface area (Å²) in [5, 5.41) is 11.0. The second kappa shape index (κ2) is 9.11. The minimum Gasteiger partial charge on any atom is -0.487 e. The number of halogens is 1. The van der Waals surface area contributed by atoms with E-state index in [0.29, 0.717) is 22.2 Å². The van der Waals surface area contributed by atoms with Gasteiger partial charge in [0.2, 0.25) is 5.91 Å². The molecule has 4 rings (SSSR count). The van der Waals surface area contributed by atoms with Crippen LogP contribution < -0.4 is 15.4 Å². The van der Waals surface area contributed by atoms with E-state index in [0.717, 1.165) is 37.2 Å². The molecule has 0 spiro atoms. The number of nitrogens with one attached hydrogen (secondary N) is 2. The first-order valence-electron chi connectivity index (χ1n) is 9.63. The highest BCUT2D eigenvalue weighted by atomic mass is 35.5. The fraction of sp³-hybridized carbons (Fsp3) is 0.273. The summed E-state index contributed by atoms with van der Waals surface area (Å²) in [6, 6.07) is 16.6. The van der Waals surface area contributed by atoms with Crippen molar-refractivity contribution < 1.29 is 14.1 Å². The minimum atomic E-state index is 0.0576. The van der Waals surface area contributed by atoms with Crippen molar-refractivity contribution in [3.05, 3.63) is 65.3 Å². The Morgan fingerprint density at radius 1 is 1.17 bits per heavy atom. The highest BCUT2D eigenvalue weighted by Gasteiger charge is 2.20. The Morgan fingerprint density at radius 3 is 2.76 bits per heavy atom. The smallest absolute Gasteiger partial charge is 0.227 e. The van der Waals surface area contributed by atoms with Crippen molar-refractivity contribution in [2.75, 3.05) is 18.4 Å². The van der Waals surface area contributed by atoms with Crippen LogP contribution in [-0.4, -0.2) is 24.2 Å². The van der Waals surface area contributed by atoms with Crippen LogP contribution in [0.1, 0.15) is 18.5 Å². The van der Waals surface area contributed by atoms with Crippen LogP contribution in [0.5, 0.6) is 5.75 Å². The lowest BCUT2D eigenvalue weighted by Crippen LogP contribution is -2.34. The molecular weight excluding hydrogens is 390 g/mol. The normalized spacial score (nSPS) is 14.5. The summed E-state index contributed by atoms with van der Waals surface area (Å²) in [7, 11) is 0. The Balaban J connectivity index is 1.35. The highest BCUT2D eigenvalue weighted by molar-refractivity contribution is 6.30. The van der Waals surface area contributed by atoms with Crippen LogP contribution in [0.3, 0.4) is 0 Å². The molecule has 0 atom stereocenters. The molecule has 0 aliphatic carbocycles. The summed E-state index contributed by atoms with van der Waals surface area (Å²) in [5.74, 6) is 1.43. The molecule has 1 aromatic heterocycles. The maximum atomic E-state index is 12.4. The van der Waals surface area contributed by atoms with Crippen molar-refractivity contribution in [3.63, 3.8) is 0 Å². The summed E-state index contributed by atoms with van der Waals surface area (Å²) in [6.07, 6.45) is 1.73. The largest absolute Gasteiger partial charge is 0.487 e. The number of ether oxygens (including phenoxy) is 1.